The summed E-state index contributed by atoms with van der Waals surface area (Å²) in [7, 11) is 0. The molecule has 5 rings (SSSR count). The lowest BCUT2D eigenvalue weighted by molar-refractivity contribution is -0.142. The second kappa shape index (κ2) is 16.5. The van der Waals surface area contributed by atoms with Crippen molar-refractivity contribution in [3.63, 3.8) is 0 Å². The highest BCUT2D eigenvalue weighted by Crippen LogP contribution is 2.36. The van der Waals surface area contributed by atoms with Crippen molar-refractivity contribution in [1.29, 1.82) is 0 Å². The van der Waals surface area contributed by atoms with Gasteiger partial charge in [-0.05, 0) is 112 Å². The molecule has 2 aliphatic rings. The lowest BCUT2D eigenvalue weighted by Crippen LogP contribution is -2.43. The maximum Gasteiger partial charge on any atom is 0.320 e. The minimum atomic E-state index is -1.06. The Morgan fingerprint density at radius 2 is 1.17 bits per heavy atom. The van der Waals surface area contributed by atoms with Crippen molar-refractivity contribution in [2.24, 2.45) is 0 Å². The second-order valence-corrected chi connectivity index (χ2v) is 13.0. The van der Waals surface area contributed by atoms with Crippen LogP contribution in [0.2, 0.25) is 0 Å². The Kier molecular flexibility index (Phi) is 12.4. The van der Waals surface area contributed by atoms with Gasteiger partial charge in [-0.2, -0.15) is 0 Å². The Labute approximate surface area is 306 Å². The number of rotatable bonds is 12. The SMILES string of the molecule is C=CC1=C(C)c2cc3[nH]c(cc4nc(cc5[nH]c(cc1n2)c(C)c5CCC(=O)O)C(CCC(=O)O)=C4C)c(C)c3C=C.CC(NC(C)C(=O)O)C(=O)O. The zero-order valence-electron chi connectivity index (χ0n) is 30.7. The van der Waals surface area contributed by atoms with Gasteiger partial charge in [0.1, 0.15) is 12.1 Å². The Morgan fingerprint density at radius 1 is 0.679 bits per heavy atom. The topological polar surface area (TPSA) is 219 Å². The Bertz CT molecular complexity index is 2240. The van der Waals surface area contributed by atoms with Gasteiger partial charge >= 0.3 is 23.9 Å². The Balaban J connectivity index is 0.000000495. The minimum absolute atomic E-state index is 0.0259. The van der Waals surface area contributed by atoms with Crippen molar-refractivity contribution in [3.05, 3.63) is 88.5 Å². The number of aromatic amines is 2. The van der Waals surface area contributed by atoms with Crippen LogP contribution in [0.5, 0.6) is 0 Å². The van der Waals surface area contributed by atoms with Crippen LogP contribution in [0.25, 0.3) is 50.4 Å². The summed E-state index contributed by atoms with van der Waals surface area (Å²) in [6, 6.07) is 6.22. The number of hydrogen-bond donors (Lipinski definition) is 7. The average molecular weight is 724 g/mol. The molecule has 5 heterocycles. The van der Waals surface area contributed by atoms with Crippen molar-refractivity contribution < 1.29 is 39.6 Å². The molecule has 0 spiro atoms. The number of nitrogens with one attached hydrogen (secondary N) is 3. The summed E-state index contributed by atoms with van der Waals surface area (Å²) >= 11 is 0. The summed E-state index contributed by atoms with van der Waals surface area (Å²) in [6.45, 7) is 18.8. The zero-order chi connectivity index (χ0) is 39.3. The van der Waals surface area contributed by atoms with Gasteiger partial charge in [0.15, 0.2) is 0 Å². The molecule has 2 atom stereocenters. The third kappa shape index (κ3) is 8.87. The molecule has 2 aliphatic heterocycles. The number of hydrogen-bond acceptors (Lipinski definition) is 7. The minimum Gasteiger partial charge on any atom is -0.481 e. The molecule has 0 radical (unpaired) electrons. The van der Waals surface area contributed by atoms with E-state index in [-0.39, 0.29) is 12.8 Å². The van der Waals surface area contributed by atoms with Crippen molar-refractivity contribution in [3.8, 4) is 0 Å². The van der Waals surface area contributed by atoms with E-state index in [1.807, 2.05) is 58.0 Å². The van der Waals surface area contributed by atoms with Crippen LogP contribution < -0.4 is 5.32 Å². The van der Waals surface area contributed by atoms with Crippen LogP contribution in [0.4, 0.5) is 0 Å². The van der Waals surface area contributed by atoms with E-state index < -0.39 is 36.0 Å². The first-order valence-electron chi connectivity index (χ1n) is 17.0. The average Bonchev–Trinajstić information content (AvgIpc) is 3.75. The summed E-state index contributed by atoms with van der Waals surface area (Å²) in [5.74, 6) is -3.88. The highest BCUT2D eigenvalue weighted by Gasteiger charge is 2.21. The van der Waals surface area contributed by atoms with Gasteiger partial charge in [0.05, 0.1) is 22.8 Å². The van der Waals surface area contributed by atoms with E-state index in [2.05, 4.69) is 28.4 Å². The van der Waals surface area contributed by atoms with Crippen LogP contribution in [-0.2, 0) is 25.6 Å². The molecule has 2 unspecified atom stereocenters. The van der Waals surface area contributed by atoms with Crippen molar-refractivity contribution in [2.75, 3.05) is 0 Å². The first-order valence-corrected chi connectivity index (χ1v) is 17.0. The first-order chi connectivity index (χ1) is 25.0. The molecule has 278 valence electrons. The lowest BCUT2D eigenvalue weighted by Gasteiger charge is -2.12. The molecule has 13 nitrogen and oxygen atoms in total. The number of H-pyrrole nitrogens is 2. The molecule has 13 heteroatoms. The van der Waals surface area contributed by atoms with E-state index in [1.54, 1.807) is 6.08 Å². The maximum atomic E-state index is 11.5. The molecule has 7 N–H and O–H groups in total. The number of carboxylic acid groups (broad SMARTS) is 4. The maximum absolute atomic E-state index is 11.5. The third-order valence-electron chi connectivity index (χ3n) is 9.46. The number of nitrogens with zero attached hydrogens (tertiary/aromatic N) is 2. The van der Waals surface area contributed by atoms with Gasteiger partial charge in [0, 0.05) is 46.0 Å². The van der Waals surface area contributed by atoms with Crippen LogP contribution in [0.3, 0.4) is 0 Å². The highest BCUT2D eigenvalue weighted by atomic mass is 16.4. The highest BCUT2D eigenvalue weighted by molar-refractivity contribution is 5.98. The number of aromatic nitrogens is 4. The number of carbonyl (C=O) groups is 4. The van der Waals surface area contributed by atoms with Crippen LogP contribution in [0.15, 0.2) is 43.5 Å². The molecular weight excluding hydrogens is 678 g/mol. The van der Waals surface area contributed by atoms with Gasteiger partial charge in [-0.3, -0.25) is 24.5 Å². The molecule has 0 saturated carbocycles. The molecule has 0 aliphatic carbocycles. The van der Waals surface area contributed by atoms with E-state index in [0.717, 1.165) is 83.7 Å². The molecule has 0 fully saturated rings. The quantitative estimate of drug-likeness (QED) is 0.101. The van der Waals surface area contributed by atoms with Gasteiger partial charge in [-0.15, -0.1) is 0 Å². The van der Waals surface area contributed by atoms with E-state index in [9.17, 15) is 29.4 Å². The largest absolute Gasteiger partial charge is 0.481 e. The van der Waals surface area contributed by atoms with E-state index in [0.29, 0.717) is 18.5 Å². The fourth-order valence-corrected chi connectivity index (χ4v) is 6.29. The molecule has 53 heavy (non-hydrogen) atoms. The van der Waals surface area contributed by atoms with E-state index >= 15 is 0 Å². The second-order valence-electron chi connectivity index (χ2n) is 13.0. The fraction of sp³-hybridized carbons (Fsp3) is 0.300. The lowest BCUT2D eigenvalue weighted by atomic mass is 10.0. The summed E-state index contributed by atoms with van der Waals surface area (Å²) in [5.41, 5.74) is 13.7. The molecule has 8 bridgehead atoms. The number of fused-ring (bicyclic) bond motifs is 8. The number of carboxylic acids is 4. The Morgan fingerprint density at radius 3 is 1.74 bits per heavy atom. The van der Waals surface area contributed by atoms with Gasteiger partial charge in [0.2, 0.25) is 0 Å². The van der Waals surface area contributed by atoms with Crippen LogP contribution in [0, 0.1) is 13.8 Å². The summed E-state index contributed by atoms with van der Waals surface area (Å²) < 4.78 is 0. The number of aliphatic carboxylic acids is 4. The smallest absolute Gasteiger partial charge is 0.320 e. The normalized spacial score (nSPS) is 13.5. The van der Waals surface area contributed by atoms with Gasteiger partial charge < -0.3 is 30.4 Å². The van der Waals surface area contributed by atoms with Crippen LogP contribution >= 0.6 is 0 Å². The molecular formula is C40H45N5O8. The summed E-state index contributed by atoms with van der Waals surface area (Å²) in [5, 5.41) is 38.0. The van der Waals surface area contributed by atoms with Gasteiger partial charge in [0.25, 0.3) is 0 Å². The molecule has 0 aromatic carbocycles. The van der Waals surface area contributed by atoms with Crippen molar-refractivity contribution in [2.45, 2.75) is 79.3 Å². The molecule has 3 aromatic heterocycles. The van der Waals surface area contributed by atoms with Crippen LogP contribution in [0.1, 0.15) is 92.0 Å². The number of allylic oxidation sites excluding steroid dienone is 5. The third-order valence-corrected chi connectivity index (χ3v) is 9.46. The monoisotopic (exact) mass is 723 g/mol. The standard InChI is InChI=1S/C34H34N4O4.C6H11NO4/c1-7-21-17(3)25-13-26-19(5)23(9-11-33(39)40)31(37-26)16-32-24(10-12-34(41)42)20(6)28(38-32)15-30-22(8-2)18(4)27(36-30)14-29(21)35-25;1-3(5(8)9)7-4(2)6(10)11/h7-8,13-16,35,38H,1-2,9-12H2,3-6H3,(H,39,40)(H,41,42);3-4,7H,1-2H3,(H,8,9)(H,10,11). The summed E-state index contributed by atoms with van der Waals surface area (Å²) in [4.78, 5) is 60.4. The summed E-state index contributed by atoms with van der Waals surface area (Å²) in [6.07, 6.45) is 4.22. The van der Waals surface area contributed by atoms with E-state index in [4.69, 9.17) is 20.2 Å². The van der Waals surface area contributed by atoms with Crippen LogP contribution in [-0.4, -0.2) is 76.3 Å². The predicted molar refractivity (Wildman–Crippen MR) is 206 cm³/mol. The van der Waals surface area contributed by atoms with Crippen molar-refractivity contribution >= 4 is 74.3 Å². The van der Waals surface area contributed by atoms with E-state index in [1.165, 1.54) is 13.8 Å². The molecule has 3 aromatic rings. The Hall–Kier alpha value is -6.08. The fourth-order valence-electron chi connectivity index (χ4n) is 6.29. The molecule has 0 amide bonds. The predicted octanol–water partition coefficient (Wildman–Crippen LogP) is 7.03. The van der Waals surface area contributed by atoms with Crippen molar-refractivity contribution in [1.82, 2.24) is 25.3 Å². The van der Waals surface area contributed by atoms with Gasteiger partial charge in [-0.25, -0.2) is 9.97 Å². The molecule has 0 saturated heterocycles. The van der Waals surface area contributed by atoms with Gasteiger partial charge in [-0.1, -0.05) is 25.3 Å². The number of aryl methyl sites for hydroxylation is 3. The first kappa shape index (κ1) is 39.7. The zero-order valence-corrected chi connectivity index (χ0v) is 30.7.